The molecular weight excluding hydrogens is 272 g/mol. The van der Waals surface area contributed by atoms with Crippen molar-refractivity contribution in [1.29, 1.82) is 0 Å². The van der Waals surface area contributed by atoms with Gasteiger partial charge in [0.05, 0.1) is 5.92 Å². The fraction of sp³-hybridized carbons (Fsp3) is 0.438. The fourth-order valence-corrected chi connectivity index (χ4v) is 1.94. The van der Waals surface area contributed by atoms with Crippen molar-refractivity contribution in [2.45, 2.75) is 32.8 Å². The summed E-state index contributed by atoms with van der Waals surface area (Å²) < 4.78 is 10.1. The molecule has 0 radical (unpaired) electrons. The number of esters is 2. The first kappa shape index (κ1) is 16.9. The molecule has 0 saturated carbocycles. The van der Waals surface area contributed by atoms with Crippen molar-refractivity contribution < 1.29 is 23.9 Å². The molecule has 0 spiro atoms. The van der Waals surface area contributed by atoms with Crippen molar-refractivity contribution >= 4 is 18.2 Å². The Bertz CT molecular complexity index is 487. The van der Waals surface area contributed by atoms with Gasteiger partial charge in [-0.05, 0) is 31.4 Å². The number of rotatable bonds is 7. The number of aldehydes is 1. The maximum Gasteiger partial charge on any atom is 0.333 e. The van der Waals surface area contributed by atoms with Gasteiger partial charge in [0, 0.05) is 12.5 Å². The lowest BCUT2D eigenvalue weighted by Crippen LogP contribution is -2.25. The second-order valence-corrected chi connectivity index (χ2v) is 4.88. The summed E-state index contributed by atoms with van der Waals surface area (Å²) >= 11 is 0. The average Bonchev–Trinajstić information content (AvgIpc) is 2.76. The molecule has 2 atom stereocenters. The molecule has 114 valence electrons. The smallest absolute Gasteiger partial charge is 0.333 e. The molecule has 1 rings (SSSR count). The third kappa shape index (κ3) is 5.38. The minimum absolute atomic E-state index is 0.171. The predicted molar refractivity (Wildman–Crippen MR) is 77.3 cm³/mol. The third-order valence-electron chi connectivity index (χ3n) is 3.11. The molecule has 0 amide bonds. The second-order valence-electron chi connectivity index (χ2n) is 4.88. The Balaban J connectivity index is 2.62. The SMILES string of the molecule is C=C1C(=O)OCC1C(C=CCCC=C(C)C=O)OC(C)=O. The van der Waals surface area contributed by atoms with E-state index >= 15 is 0 Å². The van der Waals surface area contributed by atoms with Crippen molar-refractivity contribution in [2.75, 3.05) is 6.61 Å². The Morgan fingerprint density at radius 3 is 2.71 bits per heavy atom. The van der Waals surface area contributed by atoms with Gasteiger partial charge in [-0.1, -0.05) is 18.7 Å². The van der Waals surface area contributed by atoms with Crippen LogP contribution in [0.5, 0.6) is 0 Å². The van der Waals surface area contributed by atoms with Crippen LogP contribution in [0, 0.1) is 5.92 Å². The molecule has 0 aromatic heterocycles. The zero-order valence-electron chi connectivity index (χ0n) is 12.3. The molecule has 0 aromatic rings. The number of hydrogen-bond acceptors (Lipinski definition) is 5. The van der Waals surface area contributed by atoms with E-state index in [2.05, 4.69) is 6.58 Å². The largest absolute Gasteiger partial charge is 0.462 e. The minimum Gasteiger partial charge on any atom is -0.462 e. The number of unbranched alkanes of at least 4 members (excludes halogenated alkanes) is 1. The summed E-state index contributed by atoms with van der Waals surface area (Å²) in [7, 11) is 0. The highest BCUT2D eigenvalue weighted by Crippen LogP contribution is 2.26. The Hall–Kier alpha value is -2.17. The van der Waals surface area contributed by atoms with Crippen LogP contribution >= 0.6 is 0 Å². The number of carbonyl (C=O) groups excluding carboxylic acids is 3. The van der Waals surface area contributed by atoms with E-state index in [1.165, 1.54) is 6.92 Å². The van der Waals surface area contributed by atoms with Gasteiger partial charge in [0.2, 0.25) is 0 Å². The summed E-state index contributed by atoms with van der Waals surface area (Å²) in [6.07, 6.45) is 7.10. The molecule has 2 unspecified atom stereocenters. The predicted octanol–water partition coefficient (Wildman–Crippen LogP) is 2.13. The molecular formula is C16H20O5. The first-order chi connectivity index (χ1) is 9.95. The van der Waals surface area contributed by atoms with E-state index in [9.17, 15) is 14.4 Å². The van der Waals surface area contributed by atoms with Gasteiger partial charge >= 0.3 is 11.9 Å². The van der Waals surface area contributed by atoms with Crippen molar-refractivity contribution in [3.8, 4) is 0 Å². The Kier molecular flexibility index (Phi) is 6.59. The van der Waals surface area contributed by atoms with Crippen LogP contribution in [0.15, 0.2) is 36.0 Å². The summed E-state index contributed by atoms with van der Waals surface area (Å²) in [5.74, 6) is -1.21. The Morgan fingerprint density at radius 1 is 1.48 bits per heavy atom. The molecule has 1 aliphatic heterocycles. The van der Waals surface area contributed by atoms with Gasteiger partial charge in [-0.3, -0.25) is 9.59 Å². The van der Waals surface area contributed by atoms with E-state index in [0.29, 0.717) is 17.6 Å². The highest BCUT2D eigenvalue weighted by Gasteiger charge is 2.35. The van der Waals surface area contributed by atoms with Gasteiger partial charge in [0.25, 0.3) is 0 Å². The molecule has 0 aliphatic carbocycles. The van der Waals surface area contributed by atoms with Gasteiger partial charge in [0.15, 0.2) is 0 Å². The lowest BCUT2D eigenvalue weighted by molar-refractivity contribution is -0.145. The second kappa shape index (κ2) is 8.19. The number of ether oxygens (including phenoxy) is 2. The van der Waals surface area contributed by atoms with Crippen LogP contribution < -0.4 is 0 Å². The van der Waals surface area contributed by atoms with E-state index < -0.39 is 18.0 Å². The van der Waals surface area contributed by atoms with Gasteiger partial charge in [0.1, 0.15) is 19.0 Å². The first-order valence-electron chi connectivity index (χ1n) is 6.77. The van der Waals surface area contributed by atoms with E-state index in [-0.39, 0.29) is 12.5 Å². The van der Waals surface area contributed by atoms with Crippen molar-refractivity contribution in [1.82, 2.24) is 0 Å². The summed E-state index contributed by atoms with van der Waals surface area (Å²) in [4.78, 5) is 32.9. The van der Waals surface area contributed by atoms with Crippen LogP contribution in [0.1, 0.15) is 26.7 Å². The van der Waals surface area contributed by atoms with Gasteiger partial charge < -0.3 is 9.47 Å². The molecule has 1 saturated heterocycles. The van der Waals surface area contributed by atoms with E-state index in [4.69, 9.17) is 9.47 Å². The van der Waals surface area contributed by atoms with Crippen molar-refractivity contribution in [2.24, 2.45) is 5.92 Å². The number of cyclic esters (lactones) is 1. The van der Waals surface area contributed by atoms with E-state index in [0.717, 1.165) is 12.7 Å². The summed E-state index contributed by atoms with van der Waals surface area (Å²) in [6.45, 7) is 6.90. The number of allylic oxidation sites excluding steroid dienone is 3. The molecule has 21 heavy (non-hydrogen) atoms. The fourth-order valence-electron chi connectivity index (χ4n) is 1.94. The third-order valence-corrected chi connectivity index (χ3v) is 3.11. The molecule has 0 aromatic carbocycles. The van der Waals surface area contributed by atoms with Crippen molar-refractivity contribution in [3.05, 3.63) is 36.0 Å². The summed E-state index contributed by atoms with van der Waals surface area (Å²) in [5.41, 5.74) is 1.01. The zero-order chi connectivity index (χ0) is 15.8. The topological polar surface area (TPSA) is 69.7 Å². The van der Waals surface area contributed by atoms with Crippen LogP contribution in [-0.2, 0) is 23.9 Å². The van der Waals surface area contributed by atoms with Crippen LogP contribution in [0.3, 0.4) is 0 Å². The van der Waals surface area contributed by atoms with Crippen LogP contribution in [0.2, 0.25) is 0 Å². The van der Waals surface area contributed by atoms with Gasteiger partial charge in [-0.2, -0.15) is 0 Å². The average molecular weight is 292 g/mol. The van der Waals surface area contributed by atoms with Crippen molar-refractivity contribution in [3.63, 3.8) is 0 Å². The molecule has 1 aliphatic rings. The summed E-state index contributed by atoms with van der Waals surface area (Å²) in [5, 5.41) is 0. The quantitative estimate of drug-likeness (QED) is 0.236. The van der Waals surface area contributed by atoms with Crippen LogP contribution in [0.25, 0.3) is 0 Å². The van der Waals surface area contributed by atoms with E-state index in [1.807, 2.05) is 12.2 Å². The van der Waals surface area contributed by atoms with Gasteiger partial charge in [-0.15, -0.1) is 0 Å². The molecule has 5 nitrogen and oxygen atoms in total. The zero-order valence-corrected chi connectivity index (χ0v) is 12.3. The minimum atomic E-state index is -0.558. The highest BCUT2D eigenvalue weighted by molar-refractivity contribution is 5.90. The standard InChI is InChI=1S/C16H20O5/c1-11(9-17)7-5-4-6-8-15(21-13(3)18)14-10-20-16(19)12(14)2/h6-9,14-15H,2,4-5,10H2,1,3H3. The Labute approximate surface area is 124 Å². The Morgan fingerprint density at radius 2 is 2.19 bits per heavy atom. The lowest BCUT2D eigenvalue weighted by Gasteiger charge is -2.18. The van der Waals surface area contributed by atoms with E-state index in [1.54, 1.807) is 13.0 Å². The van der Waals surface area contributed by atoms with Gasteiger partial charge in [-0.25, -0.2) is 4.79 Å². The number of hydrogen-bond donors (Lipinski definition) is 0. The molecule has 1 fully saturated rings. The first-order valence-corrected chi connectivity index (χ1v) is 6.77. The molecule has 0 bridgehead atoms. The maximum atomic E-state index is 11.3. The summed E-state index contributed by atoms with van der Waals surface area (Å²) in [6, 6.07) is 0. The van der Waals surface area contributed by atoms with Crippen LogP contribution in [-0.4, -0.2) is 30.9 Å². The normalized spacial score (nSPS) is 20.5. The lowest BCUT2D eigenvalue weighted by atomic mass is 9.96. The van der Waals surface area contributed by atoms with Crippen LogP contribution in [0.4, 0.5) is 0 Å². The monoisotopic (exact) mass is 292 g/mol. The maximum absolute atomic E-state index is 11.3. The highest BCUT2D eigenvalue weighted by atomic mass is 16.6. The molecule has 0 N–H and O–H groups in total. The molecule has 1 heterocycles. The molecule has 5 heteroatoms. The number of carbonyl (C=O) groups is 3.